The van der Waals surface area contributed by atoms with E-state index in [1.165, 1.54) is 4.31 Å². The zero-order chi connectivity index (χ0) is 13.2. The van der Waals surface area contributed by atoms with Crippen LogP contribution >= 0.6 is 11.6 Å². The fourth-order valence-corrected chi connectivity index (χ4v) is 3.87. The van der Waals surface area contributed by atoms with Crippen LogP contribution in [0.25, 0.3) is 0 Å². The Morgan fingerprint density at radius 1 is 1.33 bits per heavy atom. The summed E-state index contributed by atoms with van der Waals surface area (Å²) in [6.07, 6.45) is 1.87. The smallest absolute Gasteiger partial charge is 0.243 e. The molecule has 1 heterocycles. The lowest BCUT2D eigenvalue weighted by Crippen LogP contribution is -2.41. The molecule has 0 aromatic heterocycles. The van der Waals surface area contributed by atoms with Gasteiger partial charge < -0.3 is 5.73 Å². The molecule has 1 aromatic carbocycles. The van der Waals surface area contributed by atoms with E-state index in [2.05, 4.69) is 0 Å². The molecular weight excluding hydrogens is 272 g/mol. The highest BCUT2D eigenvalue weighted by molar-refractivity contribution is 7.89. The van der Waals surface area contributed by atoms with Gasteiger partial charge in [-0.15, -0.1) is 0 Å². The molecule has 1 aliphatic heterocycles. The van der Waals surface area contributed by atoms with Crippen molar-refractivity contribution in [3.63, 3.8) is 0 Å². The lowest BCUT2D eigenvalue weighted by molar-refractivity contribution is 0.271. The zero-order valence-electron chi connectivity index (χ0n) is 10.0. The van der Waals surface area contributed by atoms with Crippen LogP contribution in [0.5, 0.6) is 0 Å². The SMILES string of the molecule is NCC1CCCN(S(=O)(=O)c2ccc(Cl)cc2)C1. The molecule has 4 nitrogen and oxygen atoms in total. The lowest BCUT2D eigenvalue weighted by Gasteiger charge is -2.31. The summed E-state index contributed by atoms with van der Waals surface area (Å²) in [4.78, 5) is 0.296. The Morgan fingerprint density at radius 2 is 2.00 bits per heavy atom. The maximum Gasteiger partial charge on any atom is 0.243 e. The number of piperidine rings is 1. The largest absolute Gasteiger partial charge is 0.330 e. The van der Waals surface area contributed by atoms with E-state index in [4.69, 9.17) is 17.3 Å². The molecule has 1 unspecified atom stereocenters. The van der Waals surface area contributed by atoms with Crippen molar-refractivity contribution in [1.29, 1.82) is 0 Å². The second-order valence-electron chi connectivity index (χ2n) is 4.56. The topological polar surface area (TPSA) is 63.4 Å². The maximum absolute atomic E-state index is 12.4. The van der Waals surface area contributed by atoms with Crippen LogP contribution in [0.3, 0.4) is 0 Å². The van der Waals surface area contributed by atoms with Gasteiger partial charge in [-0.25, -0.2) is 8.42 Å². The predicted octanol–water partition coefficient (Wildman–Crippen LogP) is 1.70. The number of rotatable bonds is 3. The highest BCUT2D eigenvalue weighted by Crippen LogP contribution is 2.24. The van der Waals surface area contributed by atoms with E-state index in [0.29, 0.717) is 29.6 Å². The second-order valence-corrected chi connectivity index (χ2v) is 6.94. The summed E-state index contributed by atoms with van der Waals surface area (Å²) in [6, 6.07) is 6.28. The molecule has 1 saturated heterocycles. The number of hydrogen-bond acceptors (Lipinski definition) is 3. The number of nitrogens with two attached hydrogens (primary N) is 1. The van der Waals surface area contributed by atoms with Crippen LogP contribution in [-0.2, 0) is 10.0 Å². The summed E-state index contributed by atoms with van der Waals surface area (Å²) in [5, 5.41) is 0.535. The molecule has 0 saturated carbocycles. The van der Waals surface area contributed by atoms with E-state index >= 15 is 0 Å². The molecule has 0 spiro atoms. The van der Waals surface area contributed by atoms with Gasteiger partial charge in [0, 0.05) is 18.1 Å². The number of nitrogens with zero attached hydrogens (tertiary/aromatic N) is 1. The highest BCUT2D eigenvalue weighted by atomic mass is 35.5. The van der Waals surface area contributed by atoms with Crippen molar-refractivity contribution in [1.82, 2.24) is 4.31 Å². The summed E-state index contributed by atoms with van der Waals surface area (Å²) >= 11 is 5.77. The minimum absolute atomic E-state index is 0.265. The van der Waals surface area contributed by atoms with Crippen LogP contribution < -0.4 is 5.73 Å². The Balaban J connectivity index is 2.22. The van der Waals surface area contributed by atoms with Crippen molar-refractivity contribution in [2.45, 2.75) is 17.7 Å². The average Bonchev–Trinajstić information content (AvgIpc) is 2.39. The summed E-state index contributed by atoms with van der Waals surface area (Å²) in [5.74, 6) is 0.265. The van der Waals surface area contributed by atoms with Crippen LogP contribution in [0.4, 0.5) is 0 Å². The molecule has 6 heteroatoms. The van der Waals surface area contributed by atoms with Gasteiger partial charge in [0.25, 0.3) is 0 Å². The Bertz CT molecular complexity index is 501. The van der Waals surface area contributed by atoms with Crippen LogP contribution in [-0.4, -0.2) is 32.4 Å². The molecule has 0 amide bonds. The molecule has 0 aliphatic carbocycles. The zero-order valence-corrected chi connectivity index (χ0v) is 11.6. The molecule has 0 radical (unpaired) electrons. The van der Waals surface area contributed by atoms with Gasteiger partial charge in [0.05, 0.1) is 4.90 Å². The molecular formula is C12H17ClN2O2S. The predicted molar refractivity (Wildman–Crippen MR) is 72.0 cm³/mol. The monoisotopic (exact) mass is 288 g/mol. The Kier molecular flexibility index (Phi) is 4.27. The third kappa shape index (κ3) is 2.85. The number of benzene rings is 1. The first-order chi connectivity index (χ1) is 8.54. The van der Waals surface area contributed by atoms with Crippen molar-refractivity contribution in [2.24, 2.45) is 11.7 Å². The van der Waals surface area contributed by atoms with Gasteiger partial charge in [-0.1, -0.05) is 11.6 Å². The molecule has 1 aliphatic rings. The quantitative estimate of drug-likeness (QED) is 0.921. The van der Waals surface area contributed by atoms with Crippen molar-refractivity contribution >= 4 is 21.6 Å². The van der Waals surface area contributed by atoms with Gasteiger partial charge in [-0.05, 0) is 49.6 Å². The third-order valence-corrected chi connectivity index (χ3v) is 5.40. The summed E-state index contributed by atoms with van der Waals surface area (Å²) in [6.45, 7) is 1.62. The molecule has 1 atom stereocenters. The summed E-state index contributed by atoms with van der Waals surface area (Å²) in [5.41, 5.74) is 5.63. The number of halogens is 1. The van der Waals surface area contributed by atoms with Gasteiger partial charge >= 0.3 is 0 Å². The second kappa shape index (κ2) is 5.57. The first-order valence-electron chi connectivity index (χ1n) is 6.00. The minimum atomic E-state index is -3.40. The lowest BCUT2D eigenvalue weighted by atomic mass is 10.0. The third-order valence-electron chi connectivity index (χ3n) is 3.27. The van der Waals surface area contributed by atoms with Crippen LogP contribution in [0.1, 0.15) is 12.8 Å². The summed E-state index contributed by atoms with van der Waals surface area (Å²) < 4.78 is 26.3. The maximum atomic E-state index is 12.4. The Hall–Kier alpha value is -0.620. The van der Waals surface area contributed by atoms with Crippen molar-refractivity contribution < 1.29 is 8.42 Å². The minimum Gasteiger partial charge on any atom is -0.330 e. The molecule has 1 fully saturated rings. The van der Waals surface area contributed by atoms with Crippen LogP contribution in [0, 0.1) is 5.92 Å². The van der Waals surface area contributed by atoms with E-state index in [-0.39, 0.29) is 5.92 Å². The van der Waals surface area contributed by atoms with Crippen LogP contribution in [0.15, 0.2) is 29.2 Å². The fraction of sp³-hybridized carbons (Fsp3) is 0.500. The Morgan fingerprint density at radius 3 is 2.61 bits per heavy atom. The van der Waals surface area contributed by atoms with Crippen LogP contribution in [0.2, 0.25) is 5.02 Å². The van der Waals surface area contributed by atoms with E-state index in [0.717, 1.165) is 12.8 Å². The van der Waals surface area contributed by atoms with E-state index in [9.17, 15) is 8.42 Å². The molecule has 2 rings (SSSR count). The fourth-order valence-electron chi connectivity index (χ4n) is 2.19. The molecule has 18 heavy (non-hydrogen) atoms. The van der Waals surface area contributed by atoms with Gasteiger partial charge in [-0.3, -0.25) is 0 Å². The molecule has 1 aromatic rings. The normalized spacial score (nSPS) is 22.0. The van der Waals surface area contributed by atoms with Gasteiger partial charge in [0.15, 0.2) is 0 Å². The van der Waals surface area contributed by atoms with E-state index in [1.54, 1.807) is 24.3 Å². The molecule has 2 N–H and O–H groups in total. The number of hydrogen-bond donors (Lipinski definition) is 1. The number of sulfonamides is 1. The molecule has 100 valence electrons. The average molecular weight is 289 g/mol. The van der Waals surface area contributed by atoms with Gasteiger partial charge in [0.2, 0.25) is 10.0 Å². The van der Waals surface area contributed by atoms with Crippen molar-refractivity contribution in [2.75, 3.05) is 19.6 Å². The van der Waals surface area contributed by atoms with E-state index in [1.807, 2.05) is 0 Å². The van der Waals surface area contributed by atoms with Gasteiger partial charge in [-0.2, -0.15) is 4.31 Å². The highest BCUT2D eigenvalue weighted by Gasteiger charge is 2.29. The van der Waals surface area contributed by atoms with E-state index < -0.39 is 10.0 Å². The molecule has 0 bridgehead atoms. The van der Waals surface area contributed by atoms with Crippen molar-refractivity contribution in [3.05, 3.63) is 29.3 Å². The standard InChI is InChI=1S/C12H17ClN2O2S/c13-11-3-5-12(6-4-11)18(16,17)15-7-1-2-10(8-14)9-15/h3-6,10H,1-2,7-9,14H2. The Labute approximate surface area is 113 Å². The first-order valence-corrected chi connectivity index (χ1v) is 7.81. The van der Waals surface area contributed by atoms with Gasteiger partial charge in [0.1, 0.15) is 0 Å². The summed E-state index contributed by atoms with van der Waals surface area (Å²) in [7, 11) is -3.40. The first kappa shape index (κ1) is 13.8. The van der Waals surface area contributed by atoms with Crippen molar-refractivity contribution in [3.8, 4) is 0 Å².